The summed E-state index contributed by atoms with van der Waals surface area (Å²) in [6.45, 7) is 2.11. The number of carbonyl (C=O) groups excluding carboxylic acids is 2. The summed E-state index contributed by atoms with van der Waals surface area (Å²) in [6.07, 6.45) is 2.30. The highest BCUT2D eigenvalue weighted by Crippen LogP contribution is 2.48. The molecule has 0 spiro atoms. The summed E-state index contributed by atoms with van der Waals surface area (Å²) < 4.78 is 18.2. The van der Waals surface area contributed by atoms with Crippen LogP contribution in [0.25, 0.3) is 0 Å². The molecule has 2 amide bonds. The van der Waals surface area contributed by atoms with E-state index in [1.54, 1.807) is 29.2 Å². The van der Waals surface area contributed by atoms with Gasteiger partial charge in [0.2, 0.25) is 5.91 Å². The highest BCUT2D eigenvalue weighted by molar-refractivity contribution is 5.91. The van der Waals surface area contributed by atoms with Gasteiger partial charge < -0.3 is 14.2 Å². The number of furan rings is 1. The van der Waals surface area contributed by atoms with Crippen LogP contribution in [0, 0.1) is 11.7 Å². The summed E-state index contributed by atoms with van der Waals surface area (Å²) >= 11 is 0. The standard InChI is InChI=1S/C19H19FN2O3/c20-14-5-3-13(4-6-14)15-12-16(15)18(23)21-7-9-22(10-8-21)19(24)17-2-1-11-25-17/h1-6,11,15-16H,7-10,12H2/t15-,16+/m0/s1. The SMILES string of the molecule is O=C(c1ccco1)N1CCN(C(=O)[C@@H]2C[C@H]2c2ccc(F)cc2)CC1. The van der Waals surface area contributed by atoms with E-state index in [-0.39, 0.29) is 29.5 Å². The van der Waals surface area contributed by atoms with E-state index in [4.69, 9.17) is 4.42 Å². The summed E-state index contributed by atoms with van der Waals surface area (Å²) in [6, 6.07) is 9.73. The number of rotatable bonds is 3. The van der Waals surface area contributed by atoms with Crippen molar-refractivity contribution in [2.45, 2.75) is 12.3 Å². The minimum absolute atomic E-state index is 0.0159. The quantitative estimate of drug-likeness (QED) is 0.861. The van der Waals surface area contributed by atoms with Gasteiger partial charge in [-0.15, -0.1) is 0 Å². The zero-order valence-electron chi connectivity index (χ0n) is 13.7. The van der Waals surface area contributed by atoms with E-state index in [0.29, 0.717) is 31.9 Å². The van der Waals surface area contributed by atoms with E-state index in [1.807, 2.05) is 4.90 Å². The maximum atomic E-state index is 13.0. The van der Waals surface area contributed by atoms with Crippen molar-refractivity contribution in [1.82, 2.24) is 9.80 Å². The number of amides is 2. The third kappa shape index (κ3) is 3.16. The van der Waals surface area contributed by atoms with Crippen molar-refractivity contribution in [1.29, 1.82) is 0 Å². The molecule has 4 rings (SSSR count). The predicted molar refractivity (Wildman–Crippen MR) is 88.4 cm³/mol. The first-order chi connectivity index (χ1) is 12.1. The molecule has 1 saturated carbocycles. The largest absolute Gasteiger partial charge is 0.459 e. The summed E-state index contributed by atoms with van der Waals surface area (Å²) in [5.74, 6) is 0.253. The van der Waals surface area contributed by atoms with Crippen LogP contribution in [0.1, 0.15) is 28.5 Å². The van der Waals surface area contributed by atoms with Gasteiger partial charge >= 0.3 is 0 Å². The molecule has 6 heteroatoms. The van der Waals surface area contributed by atoms with Crippen LogP contribution in [0.3, 0.4) is 0 Å². The summed E-state index contributed by atoms with van der Waals surface area (Å²) in [5, 5.41) is 0. The number of hydrogen-bond acceptors (Lipinski definition) is 3. The van der Waals surface area contributed by atoms with Crippen molar-refractivity contribution in [3.63, 3.8) is 0 Å². The Labute approximate surface area is 145 Å². The minimum atomic E-state index is -0.260. The molecule has 1 aliphatic heterocycles. The first kappa shape index (κ1) is 15.9. The third-order valence-electron chi connectivity index (χ3n) is 5.02. The van der Waals surface area contributed by atoms with Crippen molar-refractivity contribution in [2.24, 2.45) is 5.92 Å². The lowest BCUT2D eigenvalue weighted by Gasteiger charge is -2.34. The van der Waals surface area contributed by atoms with Gasteiger partial charge in [-0.05, 0) is 42.2 Å². The molecule has 5 nitrogen and oxygen atoms in total. The van der Waals surface area contributed by atoms with E-state index in [9.17, 15) is 14.0 Å². The molecule has 25 heavy (non-hydrogen) atoms. The van der Waals surface area contributed by atoms with E-state index in [1.165, 1.54) is 18.4 Å². The van der Waals surface area contributed by atoms with E-state index in [2.05, 4.69) is 0 Å². The molecule has 1 aliphatic carbocycles. The smallest absolute Gasteiger partial charge is 0.289 e. The number of carbonyl (C=O) groups is 2. The van der Waals surface area contributed by atoms with Crippen molar-refractivity contribution >= 4 is 11.8 Å². The molecule has 1 aromatic carbocycles. The molecule has 2 fully saturated rings. The Morgan fingerprint density at radius 3 is 2.32 bits per heavy atom. The fourth-order valence-electron chi connectivity index (χ4n) is 3.47. The number of benzene rings is 1. The van der Waals surface area contributed by atoms with Crippen molar-refractivity contribution < 1.29 is 18.4 Å². The Balaban J connectivity index is 1.32. The van der Waals surface area contributed by atoms with Crippen LogP contribution in [0.15, 0.2) is 47.1 Å². The van der Waals surface area contributed by atoms with Gasteiger partial charge in [0, 0.05) is 32.1 Å². The first-order valence-electron chi connectivity index (χ1n) is 8.50. The third-order valence-corrected chi connectivity index (χ3v) is 5.02. The highest BCUT2D eigenvalue weighted by atomic mass is 19.1. The number of halogens is 1. The normalized spacial score (nSPS) is 22.8. The topological polar surface area (TPSA) is 53.8 Å². The zero-order chi connectivity index (χ0) is 17.4. The maximum Gasteiger partial charge on any atom is 0.289 e. The molecule has 0 N–H and O–H groups in total. The molecule has 2 aromatic rings. The molecule has 0 radical (unpaired) electrons. The second-order valence-corrected chi connectivity index (χ2v) is 6.60. The van der Waals surface area contributed by atoms with Crippen LogP contribution in [0.5, 0.6) is 0 Å². The first-order valence-corrected chi connectivity index (χ1v) is 8.50. The lowest BCUT2D eigenvalue weighted by Crippen LogP contribution is -2.51. The van der Waals surface area contributed by atoms with Gasteiger partial charge in [-0.2, -0.15) is 0 Å². The predicted octanol–water partition coefficient (Wildman–Crippen LogP) is 2.51. The van der Waals surface area contributed by atoms with E-state index < -0.39 is 0 Å². The molecular formula is C19H19FN2O3. The Morgan fingerprint density at radius 2 is 1.68 bits per heavy atom. The average molecular weight is 342 g/mol. The Morgan fingerprint density at radius 1 is 1.00 bits per heavy atom. The van der Waals surface area contributed by atoms with Crippen LogP contribution >= 0.6 is 0 Å². The molecular weight excluding hydrogens is 323 g/mol. The molecule has 0 bridgehead atoms. The molecule has 1 saturated heterocycles. The van der Waals surface area contributed by atoms with Gasteiger partial charge in [-0.1, -0.05) is 12.1 Å². The maximum absolute atomic E-state index is 13.0. The van der Waals surface area contributed by atoms with Gasteiger partial charge in [0.25, 0.3) is 5.91 Å². The zero-order valence-corrected chi connectivity index (χ0v) is 13.7. The Bertz CT molecular complexity index is 764. The summed E-state index contributed by atoms with van der Waals surface area (Å²) in [4.78, 5) is 28.4. The Hall–Kier alpha value is -2.63. The summed E-state index contributed by atoms with van der Waals surface area (Å²) in [5.41, 5.74) is 1.02. The summed E-state index contributed by atoms with van der Waals surface area (Å²) in [7, 11) is 0. The van der Waals surface area contributed by atoms with Crippen LogP contribution in [0.2, 0.25) is 0 Å². The van der Waals surface area contributed by atoms with Gasteiger partial charge in [0.1, 0.15) is 5.82 Å². The van der Waals surface area contributed by atoms with Crippen molar-refractivity contribution in [2.75, 3.05) is 26.2 Å². The van der Waals surface area contributed by atoms with Crippen LogP contribution in [-0.2, 0) is 4.79 Å². The fourth-order valence-corrected chi connectivity index (χ4v) is 3.47. The molecule has 2 heterocycles. The monoisotopic (exact) mass is 342 g/mol. The van der Waals surface area contributed by atoms with Crippen LogP contribution < -0.4 is 0 Å². The minimum Gasteiger partial charge on any atom is -0.459 e. The molecule has 0 unspecified atom stereocenters. The number of hydrogen-bond donors (Lipinski definition) is 0. The molecule has 1 aromatic heterocycles. The lowest BCUT2D eigenvalue weighted by atomic mass is 10.1. The average Bonchev–Trinajstić information content (AvgIpc) is 3.25. The molecule has 2 aliphatic rings. The van der Waals surface area contributed by atoms with Crippen LogP contribution in [0.4, 0.5) is 4.39 Å². The van der Waals surface area contributed by atoms with Gasteiger partial charge in [-0.3, -0.25) is 9.59 Å². The molecule has 2 atom stereocenters. The van der Waals surface area contributed by atoms with Gasteiger partial charge in [-0.25, -0.2) is 4.39 Å². The fraction of sp³-hybridized carbons (Fsp3) is 0.368. The van der Waals surface area contributed by atoms with Gasteiger partial charge in [0.05, 0.1) is 6.26 Å². The second kappa shape index (κ2) is 6.35. The van der Waals surface area contributed by atoms with E-state index in [0.717, 1.165) is 12.0 Å². The second-order valence-electron chi connectivity index (χ2n) is 6.60. The molecule has 130 valence electrons. The Kier molecular flexibility index (Phi) is 4.03. The number of nitrogens with zero attached hydrogens (tertiary/aromatic N) is 2. The van der Waals surface area contributed by atoms with E-state index >= 15 is 0 Å². The van der Waals surface area contributed by atoms with Crippen LogP contribution in [-0.4, -0.2) is 47.8 Å². The lowest BCUT2D eigenvalue weighted by molar-refractivity contribution is -0.134. The highest BCUT2D eigenvalue weighted by Gasteiger charge is 2.46. The van der Waals surface area contributed by atoms with Crippen molar-refractivity contribution in [3.05, 3.63) is 59.8 Å². The number of piperazine rings is 1. The van der Waals surface area contributed by atoms with Crippen molar-refractivity contribution in [3.8, 4) is 0 Å². The van der Waals surface area contributed by atoms with Gasteiger partial charge in [0.15, 0.2) is 5.76 Å².